The van der Waals surface area contributed by atoms with Gasteiger partial charge in [-0.3, -0.25) is 9.78 Å². The van der Waals surface area contributed by atoms with E-state index in [4.69, 9.17) is 0 Å². The second-order valence-corrected chi connectivity index (χ2v) is 3.96. The minimum atomic E-state index is 0.715. The second-order valence-electron chi connectivity index (χ2n) is 3.96. The fraction of sp³-hybridized carbons (Fsp3) is 0.500. The highest BCUT2D eigenvalue weighted by atomic mass is 16.1. The Balaban J connectivity index is 2.34. The molecule has 0 fully saturated rings. The largest absolute Gasteiger partial charge is 0.309 e. The summed E-state index contributed by atoms with van der Waals surface area (Å²) < 4.78 is 0. The minimum Gasteiger partial charge on any atom is -0.309 e. The third kappa shape index (κ3) is 4.70. The number of carbonyl (C=O) groups is 1. The zero-order valence-corrected chi connectivity index (χ0v) is 9.44. The first-order valence-electron chi connectivity index (χ1n) is 5.27. The molecule has 1 rings (SSSR count). The number of aromatic nitrogens is 1. The van der Waals surface area contributed by atoms with Crippen LogP contribution in [0.25, 0.3) is 0 Å². The van der Waals surface area contributed by atoms with Gasteiger partial charge in [-0.2, -0.15) is 0 Å². The van der Waals surface area contributed by atoms with Crippen LogP contribution in [0.2, 0.25) is 0 Å². The first-order valence-corrected chi connectivity index (χ1v) is 5.27. The Hall–Kier alpha value is -1.22. The fourth-order valence-electron chi connectivity index (χ4n) is 1.44. The molecular formula is C12H18N2O. The molecule has 0 amide bonds. The summed E-state index contributed by atoms with van der Waals surface area (Å²) in [6.45, 7) is 1.10. The van der Waals surface area contributed by atoms with Crippen molar-refractivity contribution in [1.29, 1.82) is 0 Å². The molecule has 82 valence electrons. The van der Waals surface area contributed by atoms with Gasteiger partial charge in [0, 0.05) is 17.5 Å². The summed E-state index contributed by atoms with van der Waals surface area (Å²) in [5.74, 6) is 0. The van der Waals surface area contributed by atoms with Gasteiger partial charge in [-0.15, -0.1) is 0 Å². The van der Waals surface area contributed by atoms with Crippen molar-refractivity contribution in [2.75, 3.05) is 20.6 Å². The van der Waals surface area contributed by atoms with Crippen LogP contribution in [0.3, 0.4) is 0 Å². The summed E-state index contributed by atoms with van der Waals surface area (Å²) in [7, 11) is 4.15. The molecule has 0 spiro atoms. The predicted molar refractivity (Wildman–Crippen MR) is 61.1 cm³/mol. The fourth-order valence-corrected chi connectivity index (χ4v) is 1.44. The van der Waals surface area contributed by atoms with Crippen molar-refractivity contribution in [2.45, 2.75) is 19.3 Å². The summed E-state index contributed by atoms with van der Waals surface area (Å²) in [4.78, 5) is 17.0. The Morgan fingerprint density at radius 2 is 2.20 bits per heavy atom. The molecule has 0 aliphatic carbocycles. The first kappa shape index (κ1) is 11.9. The first-order chi connectivity index (χ1) is 7.22. The van der Waals surface area contributed by atoms with Crippen LogP contribution in [0.5, 0.6) is 0 Å². The van der Waals surface area contributed by atoms with Gasteiger partial charge < -0.3 is 4.90 Å². The van der Waals surface area contributed by atoms with Crippen molar-refractivity contribution in [3.05, 3.63) is 29.6 Å². The predicted octanol–water partition coefficient (Wildman–Crippen LogP) is 1.78. The molecule has 0 saturated carbocycles. The van der Waals surface area contributed by atoms with Crippen LogP contribution >= 0.6 is 0 Å². The molecule has 3 heteroatoms. The molecule has 1 heterocycles. The highest BCUT2D eigenvalue weighted by molar-refractivity contribution is 5.74. The molecule has 0 unspecified atom stereocenters. The molecule has 0 saturated heterocycles. The second kappa shape index (κ2) is 6.30. The van der Waals surface area contributed by atoms with Crippen molar-refractivity contribution in [2.24, 2.45) is 0 Å². The Labute approximate surface area is 91.1 Å². The van der Waals surface area contributed by atoms with Crippen LogP contribution in [0.1, 0.15) is 28.9 Å². The van der Waals surface area contributed by atoms with Crippen molar-refractivity contribution >= 4 is 6.29 Å². The van der Waals surface area contributed by atoms with Crippen LogP contribution < -0.4 is 0 Å². The van der Waals surface area contributed by atoms with E-state index in [1.54, 1.807) is 12.3 Å². The molecule has 0 aromatic carbocycles. The molecule has 0 aliphatic heterocycles. The molecule has 3 nitrogen and oxygen atoms in total. The van der Waals surface area contributed by atoms with Gasteiger partial charge in [0.15, 0.2) is 0 Å². The summed E-state index contributed by atoms with van der Waals surface area (Å²) in [6, 6.07) is 3.60. The molecule has 0 radical (unpaired) electrons. The van der Waals surface area contributed by atoms with E-state index < -0.39 is 0 Å². The molecule has 1 aromatic heterocycles. The maximum atomic E-state index is 10.5. The van der Waals surface area contributed by atoms with E-state index in [2.05, 4.69) is 24.0 Å². The van der Waals surface area contributed by atoms with Gasteiger partial charge in [0.25, 0.3) is 0 Å². The molecule has 15 heavy (non-hydrogen) atoms. The Morgan fingerprint density at radius 3 is 2.87 bits per heavy atom. The van der Waals surface area contributed by atoms with Gasteiger partial charge in [0.1, 0.15) is 6.29 Å². The van der Waals surface area contributed by atoms with E-state index in [9.17, 15) is 4.79 Å². The maximum absolute atomic E-state index is 10.5. The number of hydrogen-bond acceptors (Lipinski definition) is 3. The molecule has 1 aromatic rings. The van der Waals surface area contributed by atoms with E-state index >= 15 is 0 Å². The molecular weight excluding hydrogens is 188 g/mol. The Kier molecular flexibility index (Phi) is 4.98. The lowest BCUT2D eigenvalue weighted by Gasteiger charge is -2.08. The SMILES string of the molecule is CN(C)CCCCc1cc(C=O)ccn1. The summed E-state index contributed by atoms with van der Waals surface area (Å²) in [5.41, 5.74) is 1.73. The summed E-state index contributed by atoms with van der Waals surface area (Å²) >= 11 is 0. The zero-order valence-electron chi connectivity index (χ0n) is 9.44. The van der Waals surface area contributed by atoms with Gasteiger partial charge in [0.05, 0.1) is 0 Å². The minimum absolute atomic E-state index is 0.715. The third-order valence-electron chi connectivity index (χ3n) is 2.26. The maximum Gasteiger partial charge on any atom is 0.150 e. The monoisotopic (exact) mass is 206 g/mol. The zero-order chi connectivity index (χ0) is 11.1. The van der Waals surface area contributed by atoms with Crippen LogP contribution in [-0.4, -0.2) is 36.8 Å². The van der Waals surface area contributed by atoms with Crippen molar-refractivity contribution in [3.8, 4) is 0 Å². The Bertz CT molecular complexity index is 310. The van der Waals surface area contributed by atoms with Crippen molar-refractivity contribution < 1.29 is 4.79 Å². The lowest BCUT2D eigenvalue weighted by molar-refractivity contribution is 0.112. The van der Waals surface area contributed by atoms with E-state index in [0.717, 1.165) is 31.4 Å². The van der Waals surface area contributed by atoms with E-state index in [1.165, 1.54) is 6.42 Å². The molecule has 0 bridgehead atoms. The van der Waals surface area contributed by atoms with Crippen LogP contribution in [0.4, 0.5) is 0 Å². The highest BCUT2D eigenvalue weighted by Gasteiger charge is 1.97. The van der Waals surface area contributed by atoms with E-state index in [-0.39, 0.29) is 0 Å². The van der Waals surface area contributed by atoms with Gasteiger partial charge in [-0.25, -0.2) is 0 Å². The quantitative estimate of drug-likeness (QED) is 0.525. The smallest absolute Gasteiger partial charge is 0.150 e. The van der Waals surface area contributed by atoms with Gasteiger partial charge in [-0.1, -0.05) is 0 Å². The van der Waals surface area contributed by atoms with Crippen molar-refractivity contribution in [3.63, 3.8) is 0 Å². The molecule has 0 N–H and O–H groups in total. The van der Waals surface area contributed by atoms with E-state index in [1.807, 2.05) is 6.07 Å². The average molecular weight is 206 g/mol. The van der Waals surface area contributed by atoms with Gasteiger partial charge in [-0.05, 0) is 52.0 Å². The number of pyridine rings is 1. The van der Waals surface area contributed by atoms with Crippen LogP contribution in [-0.2, 0) is 6.42 Å². The van der Waals surface area contributed by atoms with E-state index in [0.29, 0.717) is 5.56 Å². The number of rotatable bonds is 6. The average Bonchev–Trinajstić information content (AvgIpc) is 2.24. The van der Waals surface area contributed by atoms with Gasteiger partial charge in [0.2, 0.25) is 0 Å². The number of hydrogen-bond donors (Lipinski definition) is 0. The van der Waals surface area contributed by atoms with Gasteiger partial charge >= 0.3 is 0 Å². The van der Waals surface area contributed by atoms with Crippen molar-refractivity contribution in [1.82, 2.24) is 9.88 Å². The topological polar surface area (TPSA) is 33.2 Å². The standard InChI is InChI=1S/C12H18N2O/c1-14(2)8-4-3-5-12-9-11(10-15)6-7-13-12/h6-7,9-10H,3-5,8H2,1-2H3. The lowest BCUT2D eigenvalue weighted by atomic mass is 10.1. The summed E-state index contributed by atoms with van der Waals surface area (Å²) in [6.07, 6.45) is 5.80. The summed E-state index contributed by atoms with van der Waals surface area (Å²) in [5, 5.41) is 0. The third-order valence-corrected chi connectivity index (χ3v) is 2.26. The van der Waals surface area contributed by atoms with Crippen LogP contribution in [0, 0.1) is 0 Å². The number of aldehydes is 1. The Morgan fingerprint density at radius 1 is 1.40 bits per heavy atom. The lowest BCUT2D eigenvalue weighted by Crippen LogP contribution is -2.12. The number of carbonyl (C=O) groups excluding carboxylic acids is 1. The highest BCUT2D eigenvalue weighted by Crippen LogP contribution is 2.04. The molecule has 0 atom stereocenters. The number of nitrogens with zero attached hydrogens (tertiary/aromatic N) is 2. The molecule has 0 aliphatic rings. The normalized spacial score (nSPS) is 10.6. The number of unbranched alkanes of at least 4 members (excludes halogenated alkanes) is 1. The number of aryl methyl sites for hydroxylation is 1. The van der Waals surface area contributed by atoms with Crippen LogP contribution in [0.15, 0.2) is 18.3 Å².